The minimum absolute atomic E-state index is 0.270. The number of fused-ring (bicyclic) bond motifs is 1. The first-order valence-electron chi connectivity index (χ1n) is 5.85. The molecule has 86 valence electrons. The van der Waals surface area contributed by atoms with Crippen molar-refractivity contribution in [3.63, 3.8) is 0 Å². The van der Waals surface area contributed by atoms with E-state index in [2.05, 4.69) is 13.0 Å². The van der Waals surface area contributed by atoms with E-state index in [4.69, 9.17) is 4.74 Å². The molecule has 1 aliphatic rings. The summed E-state index contributed by atoms with van der Waals surface area (Å²) in [5.74, 6) is 0.270. The number of benzene rings is 1. The Hall–Kier alpha value is -1.15. The molecule has 0 N–H and O–H groups in total. The Kier molecular flexibility index (Phi) is 3.10. The van der Waals surface area contributed by atoms with Gasteiger partial charge in [-0.15, -0.1) is 0 Å². The molecule has 0 fully saturated rings. The monoisotopic (exact) mass is 218 g/mol. The second kappa shape index (κ2) is 4.38. The van der Waals surface area contributed by atoms with E-state index in [1.165, 1.54) is 5.56 Å². The Morgan fingerprint density at radius 2 is 2.12 bits per heavy atom. The molecule has 16 heavy (non-hydrogen) atoms. The van der Waals surface area contributed by atoms with Crippen LogP contribution in [0.3, 0.4) is 0 Å². The van der Waals surface area contributed by atoms with E-state index in [0.717, 1.165) is 24.8 Å². The molecular formula is C14H18O2. The fraction of sp³-hybridized carbons (Fsp3) is 0.500. The molecule has 0 amide bonds. The zero-order chi connectivity index (χ0) is 11.6. The van der Waals surface area contributed by atoms with Crippen LogP contribution in [0.1, 0.15) is 35.7 Å². The number of carbonyl (C=O) groups excluding carboxylic acids is 1. The maximum atomic E-state index is 12.4. The summed E-state index contributed by atoms with van der Waals surface area (Å²) in [4.78, 5) is 12.4. The molecule has 2 heteroatoms. The van der Waals surface area contributed by atoms with Gasteiger partial charge >= 0.3 is 0 Å². The van der Waals surface area contributed by atoms with Crippen molar-refractivity contribution in [3.8, 4) is 0 Å². The number of ether oxygens (including phenoxy) is 1. The molecule has 2 rings (SSSR count). The van der Waals surface area contributed by atoms with Gasteiger partial charge in [-0.25, -0.2) is 0 Å². The SMILES string of the molecule is CCCC1(COC)Cc2ccccc2C1=O. The largest absolute Gasteiger partial charge is 0.384 e. The van der Waals surface area contributed by atoms with Gasteiger partial charge in [-0.3, -0.25) is 4.79 Å². The summed E-state index contributed by atoms with van der Waals surface area (Å²) in [5.41, 5.74) is 1.78. The van der Waals surface area contributed by atoms with Gasteiger partial charge in [-0.05, 0) is 18.4 Å². The fourth-order valence-corrected chi connectivity index (χ4v) is 2.77. The van der Waals surface area contributed by atoms with Crippen LogP contribution >= 0.6 is 0 Å². The second-order valence-electron chi connectivity index (χ2n) is 4.63. The lowest BCUT2D eigenvalue weighted by Crippen LogP contribution is -2.33. The molecule has 0 aromatic heterocycles. The number of carbonyl (C=O) groups is 1. The molecule has 0 saturated carbocycles. The van der Waals surface area contributed by atoms with Crippen molar-refractivity contribution in [2.24, 2.45) is 5.41 Å². The topological polar surface area (TPSA) is 26.3 Å². The Morgan fingerprint density at radius 1 is 1.38 bits per heavy atom. The van der Waals surface area contributed by atoms with Crippen molar-refractivity contribution in [2.45, 2.75) is 26.2 Å². The van der Waals surface area contributed by atoms with E-state index in [0.29, 0.717) is 6.61 Å². The highest BCUT2D eigenvalue weighted by atomic mass is 16.5. The maximum Gasteiger partial charge on any atom is 0.171 e. The molecular weight excluding hydrogens is 200 g/mol. The van der Waals surface area contributed by atoms with Gasteiger partial charge in [-0.1, -0.05) is 37.6 Å². The summed E-state index contributed by atoms with van der Waals surface area (Å²) in [7, 11) is 1.67. The van der Waals surface area contributed by atoms with Gasteiger partial charge in [0.05, 0.1) is 12.0 Å². The number of methoxy groups -OCH3 is 1. The highest BCUT2D eigenvalue weighted by Gasteiger charge is 2.44. The predicted octanol–water partition coefficient (Wildman–Crippen LogP) is 2.86. The van der Waals surface area contributed by atoms with Crippen LogP contribution in [0, 0.1) is 5.41 Å². The van der Waals surface area contributed by atoms with Crippen molar-refractivity contribution in [3.05, 3.63) is 35.4 Å². The third-order valence-corrected chi connectivity index (χ3v) is 3.42. The smallest absolute Gasteiger partial charge is 0.171 e. The Bertz CT molecular complexity index is 389. The molecule has 0 spiro atoms. The Balaban J connectivity index is 2.36. The van der Waals surface area contributed by atoms with Crippen LogP contribution in [0.25, 0.3) is 0 Å². The molecule has 1 atom stereocenters. The number of hydrogen-bond acceptors (Lipinski definition) is 2. The minimum atomic E-state index is -0.298. The standard InChI is InChI=1S/C14H18O2/c1-3-8-14(10-16-2)9-11-6-4-5-7-12(11)13(14)15/h4-7H,3,8-10H2,1-2H3. The van der Waals surface area contributed by atoms with Gasteiger partial charge in [0.1, 0.15) is 0 Å². The van der Waals surface area contributed by atoms with Crippen LogP contribution in [-0.2, 0) is 11.2 Å². The average molecular weight is 218 g/mol. The molecule has 1 aromatic carbocycles. The van der Waals surface area contributed by atoms with Crippen LogP contribution in [0.15, 0.2) is 24.3 Å². The molecule has 1 unspecified atom stereocenters. The third-order valence-electron chi connectivity index (χ3n) is 3.42. The highest BCUT2D eigenvalue weighted by Crippen LogP contribution is 2.40. The first-order chi connectivity index (χ1) is 7.73. The van der Waals surface area contributed by atoms with E-state index >= 15 is 0 Å². The zero-order valence-corrected chi connectivity index (χ0v) is 9.95. The van der Waals surface area contributed by atoms with Gasteiger partial charge in [0, 0.05) is 12.7 Å². The van der Waals surface area contributed by atoms with Crippen molar-refractivity contribution in [2.75, 3.05) is 13.7 Å². The van der Waals surface area contributed by atoms with Crippen molar-refractivity contribution in [1.82, 2.24) is 0 Å². The van der Waals surface area contributed by atoms with Crippen LogP contribution in [0.2, 0.25) is 0 Å². The molecule has 0 heterocycles. The number of hydrogen-bond donors (Lipinski definition) is 0. The summed E-state index contributed by atoms with van der Waals surface area (Å²) >= 11 is 0. The van der Waals surface area contributed by atoms with Gasteiger partial charge in [0.25, 0.3) is 0 Å². The second-order valence-corrected chi connectivity index (χ2v) is 4.63. The molecule has 0 aliphatic heterocycles. The predicted molar refractivity (Wildman–Crippen MR) is 63.7 cm³/mol. The van der Waals surface area contributed by atoms with Gasteiger partial charge in [0.2, 0.25) is 0 Å². The van der Waals surface area contributed by atoms with Crippen LogP contribution in [0.4, 0.5) is 0 Å². The van der Waals surface area contributed by atoms with Gasteiger partial charge in [0.15, 0.2) is 5.78 Å². The summed E-state index contributed by atoms with van der Waals surface area (Å²) in [5, 5.41) is 0. The van der Waals surface area contributed by atoms with E-state index < -0.39 is 0 Å². The van der Waals surface area contributed by atoms with E-state index in [1.54, 1.807) is 7.11 Å². The first kappa shape index (κ1) is 11.3. The number of rotatable bonds is 4. The van der Waals surface area contributed by atoms with E-state index in [9.17, 15) is 4.79 Å². The first-order valence-corrected chi connectivity index (χ1v) is 5.85. The lowest BCUT2D eigenvalue weighted by molar-refractivity contribution is 0.0532. The molecule has 1 aliphatic carbocycles. The third kappa shape index (κ3) is 1.67. The van der Waals surface area contributed by atoms with Crippen LogP contribution in [0.5, 0.6) is 0 Å². The Labute approximate surface area is 96.6 Å². The van der Waals surface area contributed by atoms with Crippen LogP contribution in [-0.4, -0.2) is 19.5 Å². The Morgan fingerprint density at radius 3 is 2.75 bits per heavy atom. The summed E-state index contributed by atoms with van der Waals surface area (Å²) in [6.07, 6.45) is 2.77. The fourth-order valence-electron chi connectivity index (χ4n) is 2.77. The molecule has 0 radical (unpaired) electrons. The molecule has 0 bridgehead atoms. The number of ketones is 1. The normalized spacial score (nSPS) is 23.5. The lowest BCUT2D eigenvalue weighted by atomic mass is 9.80. The lowest BCUT2D eigenvalue weighted by Gasteiger charge is -2.25. The zero-order valence-electron chi connectivity index (χ0n) is 9.95. The quantitative estimate of drug-likeness (QED) is 0.776. The highest BCUT2D eigenvalue weighted by molar-refractivity contribution is 6.05. The minimum Gasteiger partial charge on any atom is -0.384 e. The summed E-state index contributed by atoms with van der Waals surface area (Å²) in [6, 6.07) is 7.93. The van der Waals surface area contributed by atoms with E-state index in [-0.39, 0.29) is 11.2 Å². The molecule has 0 saturated heterocycles. The summed E-state index contributed by atoms with van der Waals surface area (Å²) < 4.78 is 5.26. The molecule has 1 aromatic rings. The van der Waals surface area contributed by atoms with Crippen molar-refractivity contribution >= 4 is 5.78 Å². The molecule has 2 nitrogen and oxygen atoms in total. The number of Topliss-reactive ketones (excluding diaryl/α,β-unsaturated/α-hetero) is 1. The maximum absolute atomic E-state index is 12.4. The van der Waals surface area contributed by atoms with Crippen molar-refractivity contribution in [1.29, 1.82) is 0 Å². The summed E-state index contributed by atoms with van der Waals surface area (Å²) in [6.45, 7) is 2.65. The van der Waals surface area contributed by atoms with Gasteiger partial charge in [-0.2, -0.15) is 0 Å². The van der Waals surface area contributed by atoms with Crippen LogP contribution < -0.4 is 0 Å². The van der Waals surface area contributed by atoms with E-state index in [1.807, 2.05) is 18.2 Å². The average Bonchev–Trinajstić information content (AvgIpc) is 2.54. The van der Waals surface area contributed by atoms with Crippen molar-refractivity contribution < 1.29 is 9.53 Å². The van der Waals surface area contributed by atoms with Gasteiger partial charge < -0.3 is 4.74 Å².